The zero-order valence-electron chi connectivity index (χ0n) is 32.9. The summed E-state index contributed by atoms with van der Waals surface area (Å²) in [6, 6.07) is 67.5. The van der Waals surface area contributed by atoms with E-state index in [0.29, 0.717) is 5.82 Å². The van der Waals surface area contributed by atoms with E-state index in [4.69, 9.17) is 9.97 Å². The van der Waals surface area contributed by atoms with Crippen molar-refractivity contribution in [1.29, 1.82) is 0 Å². The fourth-order valence-electron chi connectivity index (χ4n) is 9.31. The van der Waals surface area contributed by atoms with Crippen molar-refractivity contribution in [2.45, 2.75) is 19.3 Å². The van der Waals surface area contributed by atoms with Crippen LogP contribution in [0, 0.1) is 0 Å². The van der Waals surface area contributed by atoms with Crippen LogP contribution in [-0.4, -0.2) is 15.0 Å². The first-order valence-corrected chi connectivity index (χ1v) is 20.3. The number of aromatic nitrogens is 3. The molecule has 0 radical (unpaired) electrons. The molecule has 59 heavy (non-hydrogen) atoms. The molecule has 0 saturated carbocycles. The molecule has 1 aliphatic carbocycles. The van der Waals surface area contributed by atoms with Gasteiger partial charge < -0.3 is 0 Å². The summed E-state index contributed by atoms with van der Waals surface area (Å²) in [5.74, 6) is 0.699. The maximum atomic E-state index is 5.21. The second-order valence-corrected chi connectivity index (χ2v) is 16.0. The Morgan fingerprint density at radius 2 is 1.00 bits per heavy atom. The molecule has 0 spiro atoms. The van der Waals surface area contributed by atoms with Crippen LogP contribution in [0.15, 0.2) is 200 Å². The van der Waals surface area contributed by atoms with Crippen LogP contribution in [0.3, 0.4) is 0 Å². The summed E-state index contributed by atoms with van der Waals surface area (Å²) < 4.78 is 0. The summed E-state index contributed by atoms with van der Waals surface area (Å²) in [5.41, 5.74) is 17.3. The lowest BCUT2D eigenvalue weighted by atomic mass is 9.78. The van der Waals surface area contributed by atoms with E-state index in [1.54, 1.807) is 6.20 Å². The van der Waals surface area contributed by atoms with Gasteiger partial charge in [-0.15, -0.1) is 0 Å². The monoisotopic (exact) mass is 753 g/mol. The SMILES string of the molecule is CC1(C)c2ccc3ccccc3c2-c2cccc(-c3ccc(-c4ccc(-c5cc(-c6ccc(-c7cccnc7)cc6)nc(-c6ccccc6)n5)c5ccccc45)cc3)c21. The highest BCUT2D eigenvalue weighted by molar-refractivity contribution is 6.06. The van der Waals surface area contributed by atoms with Gasteiger partial charge in [0.2, 0.25) is 0 Å². The van der Waals surface area contributed by atoms with Crippen molar-refractivity contribution in [2.75, 3.05) is 0 Å². The zero-order chi connectivity index (χ0) is 39.5. The van der Waals surface area contributed by atoms with E-state index >= 15 is 0 Å². The van der Waals surface area contributed by atoms with E-state index in [9.17, 15) is 0 Å². The molecule has 0 aliphatic heterocycles. The number of fused-ring (bicyclic) bond motifs is 6. The van der Waals surface area contributed by atoms with E-state index in [0.717, 1.165) is 44.6 Å². The highest BCUT2D eigenvalue weighted by atomic mass is 14.9. The van der Waals surface area contributed by atoms with Gasteiger partial charge in [-0.3, -0.25) is 4.98 Å². The summed E-state index contributed by atoms with van der Waals surface area (Å²) in [4.78, 5) is 14.6. The van der Waals surface area contributed by atoms with Crippen molar-refractivity contribution in [3.8, 4) is 78.4 Å². The fraction of sp³-hybridized carbons (Fsp3) is 0.0536. The number of benzene rings is 8. The largest absolute Gasteiger partial charge is 0.264 e. The molecule has 11 rings (SSSR count). The predicted molar refractivity (Wildman–Crippen MR) is 245 cm³/mol. The Hall–Kier alpha value is -7.49. The molecular weight excluding hydrogens is 715 g/mol. The van der Waals surface area contributed by atoms with Crippen molar-refractivity contribution in [1.82, 2.24) is 15.0 Å². The molecule has 3 heteroatoms. The molecule has 0 N–H and O–H groups in total. The van der Waals surface area contributed by atoms with E-state index in [2.05, 4.69) is 183 Å². The van der Waals surface area contributed by atoms with Crippen molar-refractivity contribution in [3.63, 3.8) is 0 Å². The van der Waals surface area contributed by atoms with Gasteiger partial charge in [-0.2, -0.15) is 0 Å². The Balaban J connectivity index is 0.988. The summed E-state index contributed by atoms with van der Waals surface area (Å²) in [6.45, 7) is 4.75. The van der Waals surface area contributed by atoms with Crippen molar-refractivity contribution in [2.24, 2.45) is 0 Å². The minimum Gasteiger partial charge on any atom is -0.264 e. The van der Waals surface area contributed by atoms with E-state index in [1.807, 2.05) is 30.5 Å². The smallest absolute Gasteiger partial charge is 0.160 e. The third-order valence-electron chi connectivity index (χ3n) is 12.2. The van der Waals surface area contributed by atoms with Crippen molar-refractivity contribution in [3.05, 3.63) is 212 Å². The topological polar surface area (TPSA) is 38.7 Å². The summed E-state index contributed by atoms with van der Waals surface area (Å²) >= 11 is 0. The quantitative estimate of drug-likeness (QED) is 0.170. The molecule has 0 saturated heterocycles. The normalized spacial score (nSPS) is 12.7. The van der Waals surface area contributed by atoms with Gasteiger partial charge in [0.05, 0.1) is 11.4 Å². The summed E-state index contributed by atoms with van der Waals surface area (Å²) in [6.07, 6.45) is 3.69. The van der Waals surface area contributed by atoms with Gasteiger partial charge in [0.25, 0.3) is 0 Å². The van der Waals surface area contributed by atoms with Crippen LogP contribution in [0.1, 0.15) is 25.0 Å². The van der Waals surface area contributed by atoms with Gasteiger partial charge in [0.1, 0.15) is 0 Å². The van der Waals surface area contributed by atoms with E-state index in [1.165, 1.54) is 60.7 Å². The molecule has 0 unspecified atom stereocenters. The highest BCUT2D eigenvalue weighted by Crippen LogP contribution is 2.54. The molecular formula is C56H39N3. The minimum absolute atomic E-state index is 0.124. The highest BCUT2D eigenvalue weighted by Gasteiger charge is 2.38. The maximum absolute atomic E-state index is 5.21. The molecule has 1 aliphatic rings. The Bertz CT molecular complexity index is 3200. The van der Waals surface area contributed by atoms with Crippen molar-refractivity contribution >= 4 is 21.5 Å². The van der Waals surface area contributed by atoms with Gasteiger partial charge in [-0.05, 0) is 89.3 Å². The lowest BCUT2D eigenvalue weighted by Gasteiger charge is -2.24. The van der Waals surface area contributed by atoms with E-state index in [-0.39, 0.29) is 5.41 Å². The predicted octanol–water partition coefficient (Wildman–Crippen LogP) is 14.5. The Morgan fingerprint density at radius 3 is 1.76 bits per heavy atom. The number of pyridine rings is 1. The van der Waals surface area contributed by atoms with E-state index < -0.39 is 0 Å². The molecule has 278 valence electrons. The minimum atomic E-state index is -0.124. The Morgan fingerprint density at radius 1 is 0.390 bits per heavy atom. The Kier molecular flexibility index (Phi) is 8.16. The summed E-state index contributed by atoms with van der Waals surface area (Å²) in [5, 5.41) is 4.94. The third-order valence-corrected chi connectivity index (χ3v) is 12.2. The number of hydrogen-bond donors (Lipinski definition) is 0. The first-order chi connectivity index (χ1) is 29.0. The number of hydrogen-bond acceptors (Lipinski definition) is 3. The second kappa shape index (κ2) is 13.9. The first-order valence-electron chi connectivity index (χ1n) is 20.3. The van der Waals surface area contributed by atoms with Gasteiger partial charge in [-0.1, -0.05) is 190 Å². The second-order valence-electron chi connectivity index (χ2n) is 16.0. The molecule has 0 fully saturated rings. The van der Waals surface area contributed by atoms with Gasteiger partial charge in [0, 0.05) is 34.5 Å². The Labute approximate surface area is 344 Å². The van der Waals surface area contributed by atoms with Crippen LogP contribution in [0.4, 0.5) is 0 Å². The third kappa shape index (κ3) is 5.85. The molecule has 2 heterocycles. The molecule has 0 amide bonds. The lowest BCUT2D eigenvalue weighted by molar-refractivity contribution is 0.662. The molecule has 0 bridgehead atoms. The average molecular weight is 754 g/mol. The molecule has 8 aromatic carbocycles. The van der Waals surface area contributed by atoms with Crippen LogP contribution < -0.4 is 0 Å². The number of nitrogens with zero attached hydrogens (tertiary/aromatic N) is 3. The fourth-order valence-corrected chi connectivity index (χ4v) is 9.31. The van der Waals surface area contributed by atoms with Crippen LogP contribution in [0.2, 0.25) is 0 Å². The molecule has 3 nitrogen and oxygen atoms in total. The van der Waals surface area contributed by atoms with Crippen LogP contribution in [0.25, 0.3) is 100.0 Å². The zero-order valence-corrected chi connectivity index (χ0v) is 32.9. The maximum Gasteiger partial charge on any atom is 0.160 e. The van der Waals surface area contributed by atoms with Gasteiger partial charge >= 0.3 is 0 Å². The van der Waals surface area contributed by atoms with Crippen LogP contribution in [-0.2, 0) is 5.41 Å². The van der Waals surface area contributed by atoms with Crippen LogP contribution >= 0.6 is 0 Å². The standard InChI is InChI=1S/C56H39N3/c1-56(2)50-32-29-37-12-6-7-16-44(37)53(50)49-20-10-19-45(54(49)56)39-25-23-38(24-26-39)43-30-31-48(47-18-9-8-17-46(43)47)52-34-51(58-55(59-52)41-13-4-3-5-14-41)40-27-21-36(22-28-40)42-15-11-33-57-35-42/h3-35H,1-2H3. The van der Waals surface area contributed by atoms with Crippen molar-refractivity contribution < 1.29 is 0 Å². The molecule has 2 aromatic heterocycles. The first kappa shape index (κ1) is 34.7. The van der Waals surface area contributed by atoms with Gasteiger partial charge in [0.15, 0.2) is 5.82 Å². The number of rotatable bonds is 6. The van der Waals surface area contributed by atoms with Crippen LogP contribution in [0.5, 0.6) is 0 Å². The lowest BCUT2D eigenvalue weighted by Crippen LogP contribution is -2.16. The average Bonchev–Trinajstić information content (AvgIpc) is 3.55. The summed E-state index contributed by atoms with van der Waals surface area (Å²) in [7, 11) is 0. The molecule has 10 aromatic rings. The van der Waals surface area contributed by atoms with Gasteiger partial charge in [-0.25, -0.2) is 9.97 Å². The molecule has 0 atom stereocenters.